The van der Waals surface area contributed by atoms with Gasteiger partial charge in [0.1, 0.15) is 5.78 Å². The Hall–Kier alpha value is -0.370. The number of ketones is 1. The van der Waals surface area contributed by atoms with Crippen molar-refractivity contribution in [2.45, 2.75) is 38.1 Å². The van der Waals surface area contributed by atoms with Gasteiger partial charge in [-0.1, -0.05) is 0 Å². The molecule has 3 saturated carbocycles. The SMILES string of the molecule is C[C@]1(N)C[C@@H]2CC[C@H]1CC2=O. The molecule has 0 aromatic heterocycles. The predicted octanol–water partition coefficient (Wildman–Crippen LogP) is 1.09. The van der Waals surface area contributed by atoms with Crippen LogP contribution < -0.4 is 5.73 Å². The van der Waals surface area contributed by atoms with E-state index in [0.717, 1.165) is 19.3 Å². The highest BCUT2D eigenvalue weighted by Crippen LogP contribution is 2.43. The van der Waals surface area contributed by atoms with Crippen molar-refractivity contribution in [3.05, 3.63) is 0 Å². The topological polar surface area (TPSA) is 43.1 Å². The lowest BCUT2D eigenvalue weighted by atomic mass is 9.61. The van der Waals surface area contributed by atoms with Crippen molar-refractivity contribution in [3.63, 3.8) is 0 Å². The summed E-state index contributed by atoms with van der Waals surface area (Å²) in [7, 11) is 0. The van der Waals surface area contributed by atoms with Gasteiger partial charge >= 0.3 is 0 Å². The minimum absolute atomic E-state index is 0.0448. The molecular weight excluding hydrogens is 138 g/mol. The number of Topliss-reactive ketones (excluding diaryl/α,β-unsaturated/α-hetero) is 1. The molecule has 0 amide bonds. The summed E-state index contributed by atoms with van der Waals surface area (Å²) in [5.41, 5.74) is 6.03. The van der Waals surface area contributed by atoms with Gasteiger partial charge in [-0.05, 0) is 32.1 Å². The smallest absolute Gasteiger partial charge is 0.136 e. The summed E-state index contributed by atoms with van der Waals surface area (Å²) in [6.45, 7) is 2.09. The molecule has 2 heteroatoms. The zero-order valence-electron chi connectivity index (χ0n) is 6.97. The van der Waals surface area contributed by atoms with Gasteiger partial charge in [0.25, 0.3) is 0 Å². The summed E-state index contributed by atoms with van der Waals surface area (Å²) in [4.78, 5) is 11.3. The number of fused-ring (bicyclic) bond motifs is 3. The molecule has 11 heavy (non-hydrogen) atoms. The first kappa shape index (κ1) is 7.29. The van der Waals surface area contributed by atoms with Crippen LogP contribution in [0.4, 0.5) is 0 Å². The van der Waals surface area contributed by atoms with E-state index in [9.17, 15) is 4.79 Å². The quantitative estimate of drug-likeness (QED) is 0.566. The number of rotatable bonds is 0. The molecule has 0 heterocycles. The number of carbonyl (C=O) groups excluding carboxylic acids is 1. The van der Waals surface area contributed by atoms with E-state index < -0.39 is 0 Å². The highest BCUT2D eigenvalue weighted by atomic mass is 16.1. The van der Waals surface area contributed by atoms with E-state index in [1.54, 1.807) is 0 Å². The number of nitrogens with two attached hydrogens (primary N) is 1. The highest BCUT2D eigenvalue weighted by Gasteiger charge is 2.45. The van der Waals surface area contributed by atoms with Crippen molar-refractivity contribution < 1.29 is 4.79 Å². The Kier molecular flexibility index (Phi) is 1.37. The molecule has 3 aliphatic carbocycles. The van der Waals surface area contributed by atoms with E-state index >= 15 is 0 Å². The number of hydrogen-bond donors (Lipinski definition) is 1. The van der Waals surface area contributed by atoms with Crippen LogP contribution in [0.15, 0.2) is 0 Å². The third-order valence-corrected chi connectivity index (χ3v) is 3.39. The summed E-state index contributed by atoms with van der Waals surface area (Å²) in [6.07, 6.45) is 3.94. The summed E-state index contributed by atoms with van der Waals surface area (Å²) < 4.78 is 0. The average Bonchev–Trinajstić information content (AvgIpc) is 1.90. The summed E-state index contributed by atoms with van der Waals surface area (Å²) in [5.74, 6) is 1.24. The van der Waals surface area contributed by atoms with E-state index in [4.69, 9.17) is 5.73 Å². The zero-order valence-corrected chi connectivity index (χ0v) is 6.97. The Labute approximate surface area is 67.1 Å². The van der Waals surface area contributed by atoms with Gasteiger partial charge in [-0.25, -0.2) is 0 Å². The monoisotopic (exact) mass is 153 g/mol. The molecule has 0 aliphatic heterocycles. The summed E-state index contributed by atoms with van der Waals surface area (Å²) >= 11 is 0. The van der Waals surface area contributed by atoms with Gasteiger partial charge in [-0.3, -0.25) is 4.79 Å². The molecule has 0 spiro atoms. The maximum atomic E-state index is 11.3. The Bertz CT molecular complexity index is 198. The van der Waals surface area contributed by atoms with Crippen molar-refractivity contribution in [3.8, 4) is 0 Å². The molecule has 3 rings (SSSR count). The van der Waals surface area contributed by atoms with Gasteiger partial charge < -0.3 is 5.73 Å². The molecule has 0 unspecified atom stereocenters. The lowest BCUT2D eigenvalue weighted by Gasteiger charge is -2.46. The zero-order chi connectivity index (χ0) is 8.06. The van der Waals surface area contributed by atoms with Crippen LogP contribution in [0.2, 0.25) is 0 Å². The van der Waals surface area contributed by atoms with Crippen LogP contribution in [0, 0.1) is 11.8 Å². The molecule has 2 nitrogen and oxygen atoms in total. The normalized spacial score (nSPS) is 49.8. The third kappa shape index (κ3) is 1.00. The molecule has 0 saturated heterocycles. The van der Waals surface area contributed by atoms with Crippen molar-refractivity contribution in [2.75, 3.05) is 0 Å². The number of hydrogen-bond acceptors (Lipinski definition) is 2. The maximum absolute atomic E-state index is 11.3. The van der Waals surface area contributed by atoms with Crippen LogP contribution in [-0.2, 0) is 4.79 Å². The molecule has 2 N–H and O–H groups in total. The fraction of sp³-hybridized carbons (Fsp3) is 0.889. The van der Waals surface area contributed by atoms with Crippen molar-refractivity contribution in [2.24, 2.45) is 17.6 Å². The summed E-state index contributed by atoms with van der Waals surface area (Å²) in [6, 6.07) is 0. The fourth-order valence-corrected chi connectivity index (χ4v) is 2.55. The Morgan fingerprint density at radius 3 is 2.55 bits per heavy atom. The number of carbonyl (C=O) groups is 1. The first-order valence-electron chi connectivity index (χ1n) is 4.41. The van der Waals surface area contributed by atoms with Gasteiger partial charge in [0, 0.05) is 17.9 Å². The molecule has 62 valence electrons. The first-order chi connectivity index (χ1) is 5.09. The van der Waals surface area contributed by atoms with Gasteiger partial charge in [-0.2, -0.15) is 0 Å². The van der Waals surface area contributed by atoms with E-state index in [1.807, 2.05) is 0 Å². The Balaban J connectivity index is 2.23. The van der Waals surface area contributed by atoms with Crippen molar-refractivity contribution >= 4 is 5.78 Å². The first-order valence-corrected chi connectivity index (χ1v) is 4.41. The van der Waals surface area contributed by atoms with Crippen LogP contribution in [0.3, 0.4) is 0 Å². The second-order valence-corrected chi connectivity index (χ2v) is 4.35. The average molecular weight is 153 g/mol. The standard InChI is InChI=1S/C9H15NO/c1-9(10)5-6-2-3-7(9)4-8(6)11/h6-7H,2-5,10H2,1H3/t6-,7-,9-/m0/s1. The van der Waals surface area contributed by atoms with Crippen LogP contribution in [0.25, 0.3) is 0 Å². The molecule has 3 fully saturated rings. The van der Waals surface area contributed by atoms with Gasteiger partial charge in [-0.15, -0.1) is 0 Å². The van der Waals surface area contributed by atoms with Gasteiger partial charge in [0.05, 0.1) is 0 Å². The minimum Gasteiger partial charge on any atom is -0.325 e. The van der Waals surface area contributed by atoms with Gasteiger partial charge in [0.15, 0.2) is 0 Å². The van der Waals surface area contributed by atoms with Crippen LogP contribution in [0.5, 0.6) is 0 Å². The molecule has 0 aromatic carbocycles. The van der Waals surface area contributed by atoms with Crippen molar-refractivity contribution in [1.82, 2.24) is 0 Å². The predicted molar refractivity (Wildman–Crippen MR) is 43.0 cm³/mol. The summed E-state index contributed by atoms with van der Waals surface area (Å²) in [5, 5.41) is 0. The largest absolute Gasteiger partial charge is 0.325 e. The molecule has 0 radical (unpaired) electrons. The maximum Gasteiger partial charge on any atom is 0.136 e. The highest BCUT2D eigenvalue weighted by molar-refractivity contribution is 5.83. The lowest BCUT2D eigenvalue weighted by molar-refractivity contribution is -0.132. The second-order valence-electron chi connectivity index (χ2n) is 4.35. The van der Waals surface area contributed by atoms with E-state index in [2.05, 4.69) is 6.92 Å². The van der Waals surface area contributed by atoms with E-state index in [1.165, 1.54) is 6.42 Å². The van der Waals surface area contributed by atoms with Crippen LogP contribution in [0.1, 0.15) is 32.6 Å². The molecule has 2 bridgehead atoms. The van der Waals surface area contributed by atoms with Crippen LogP contribution >= 0.6 is 0 Å². The third-order valence-electron chi connectivity index (χ3n) is 3.39. The molecule has 0 aromatic rings. The lowest BCUT2D eigenvalue weighted by Crippen LogP contribution is -2.54. The minimum atomic E-state index is -0.0448. The van der Waals surface area contributed by atoms with Crippen molar-refractivity contribution in [1.29, 1.82) is 0 Å². The molecule has 3 aliphatic rings. The Morgan fingerprint density at radius 2 is 2.27 bits per heavy atom. The Morgan fingerprint density at radius 1 is 1.55 bits per heavy atom. The molecule has 3 atom stereocenters. The van der Waals surface area contributed by atoms with Gasteiger partial charge in [0.2, 0.25) is 0 Å². The van der Waals surface area contributed by atoms with Crippen LogP contribution in [-0.4, -0.2) is 11.3 Å². The second kappa shape index (κ2) is 2.07. The van der Waals surface area contributed by atoms with E-state index in [0.29, 0.717) is 17.6 Å². The van der Waals surface area contributed by atoms with E-state index in [-0.39, 0.29) is 5.54 Å². The molecular formula is C9H15NO. The fourth-order valence-electron chi connectivity index (χ4n) is 2.55.